The molecular formula is C28H26N4OS. The molecule has 0 unspecified atom stereocenters. The van der Waals surface area contributed by atoms with Crippen LogP contribution >= 0.6 is 11.3 Å². The zero-order valence-electron chi connectivity index (χ0n) is 18.9. The van der Waals surface area contributed by atoms with E-state index in [4.69, 9.17) is 4.98 Å². The minimum atomic E-state index is 0.188. The number of thiazole rings is 1. The molecule has 170 valence electrons. The molecule has 0 atom stereocenters. The van der Waals surface area contributed by atoms with Gasteiger partial charge in [-0.1, -0.05) is 72.8 Å². The van der Waals surface area contributed by atoms with E-state index in [0.29, 0.717) is 6.42 Å². The predicted molar refractivity (Wildman–Crippen MR) is 137 cm³/mol. The zero-order chi connectivity index (χ0) is 22.9. The Labute approximate surface area is 202 Å². The first kappa shape index (κ1) is 21.1. The smallest absolute Gasteiger partial charge is 0.228 e. The van der Waals surface area contributed by atoms with Crippen LogP contribution in [-0.2, 0) is 11.2 Å². The molecule has 1 fully saturated rings. The summed E-state index contributed by atoms with van der Waals surface area (Å²) in [5.74, 6) is 0.188. The summed E-state index contributed by atoms with van der Waals surface area (Å²) in [4.78, 5) is 23.4. The molecule has 0 N–H and O–H groups in total. The maximum atomic E-state index is 13.3. The summed E-state index contributed by atoms with van der Waals surface area (Å²) in [6.07, 6.45) is 0.404. The molecule has 1 aliphatic heterocycles. The molecule has 0 radical (unpaired) electrons. The number of carbonyl (C=O) groups is 1. The van der Waals surface area contributed by atoms with E-state index in [9.17, 15) is 4.79 Å². The summed E-state index contributed by atoms with van der Waals surface area (Å²) in [7, 11) is 0. The van der Waals surface area contributed by atoms with Crippen LogP contribution in [0.15, 0.2) is 90.3 Å². The summed E-state index contributed by atoms with van der Waals surface area (Å²) in [5.41, 5.74) is 5.65. The summed E-state index contributed by atoms with van der Waals surface area (Å²) < 4.78 is 2.13. The third-order valence-electron chi connectivity index (χ3n) is 6.71. The van der Waals surface area contributed by atoms with Crippen LogP contribution in [0, 0.1) is 0 Å². The van der Waals surface area contributed by atoms with Crippen molar-refractivity contribution >= 4 is 33.2 Å². The highest BCUT2D eigenvalue weighted by Gasteiger charge is 2.28. The maximum absolute atomic E-state index is 13.3. The fourth-order valence-electron chi connectivity index (χ4n) is 5.04. The molecule has 0 aliphatic carbocycles. The lowest BCUT2D eigenvalue weighted by molar-refractivity contribution is -0.132. The highest BCUT2D eigenvalue weighted by molar-refractivity contribution is 7.15. The summed E-state index contributed by atoms with van der Waals surface area (Å²) in [5, 5.41) is 2.07. The molecule has 2 aromatic heterocycles. The van der Waals surface area contributed by atoms with Crippen molar-refractivity contribution in [3.8, 4) is 0 Å². The van der Waals surface area contributed by atoms with Gasteiger partial charge in [-0.2, -0.15) is 0 Å². The summed E-state index contributed by atoms with van der Waals surface area (Å²) in [6, 6.07) is 29.7. The number of nitrogens with zero attached hydrogens (tertiary/aromatic N) is 4. The van der Waals surface area contributed by atoms with Crippen LogP contribution in [0.4, 0.5) is 0 Å². The fourth-order valence-corrected chi connectivity index (χ4v) is 5.94. The van der Waals surface area contributed by atoms with Crippen LogP contribution in [0.2, 0.25) is 0 Å². The minimum absolute atomic E-state index is 0.188. The van der Waals surface area contributed by atoms with E-state index in [1.54, 1.807) is 11.3 Å². The number of fused-ring (bicyclic) bond motifs is 3. The average molecular weight is 467 g/mol. The number of hydrogen-bond donors (Lipinski definition) is 0. The number of hydrogen-bond acceptors (Lipinski definition) is 4. The number of amides is 1. The van der Waals surface area contributed by atoms with Gasteiger partial charge in [0.05, 0.1) is 23.5 Å². The van der Waals surface area contributed by atoms with E-state index < -0.39 is 0 Å². The molecule has 0 spiro atoms. The van der Waals surface area contributed by atoms with Gasteiger partial charge in [-0.05, 0) is 23.3 Å². The van der Waals surface area contributed by atoms with Crippen molar-refractivity contribution in [2.24, 2.45) is 0 Å². The molecule has 34 heavy (non-hydrogen) atoms. The van der Waals surface area contributed by atoms with Crippen molar-refractivity contribution in [3.05, 3.63) is 107 Å². The highest BCUT2D eigenvalue weighted by Crippen LogP contribution is 2.30. The highest BCUT2D eigenvalue weighted by atomic mass is 32.1. The van der Waals surface area contributed by atoms with Crippen molar-refractivity contribution in [3.63, 3.8) is 0 Å². The van der Waals surface area contributed by atoms with E-state index in [-0.39, 0.29) is 11.9 Å². The molecule has 0 bridgehead atoms. The van der Waals surface area contributed by atoms with E-state index in [1.165, 1.54) is 11.1 Å². The Morgan fingerprint density at radius 1 is 0.824 bits per heavy atom. The van der Waals surface area contributed by atoms with Gasteiger partial charge in [-0.25, -0.2) is 4.98 Å². The number of para-hydroxylation sites is 2. The van der Waals surface area contributed by atoms with Gasteiger partial charge in [0.1, 0.15) is 0 Å². The molecular weight excluding hydrogens is 440 g/mol. The number of carbonyl (C=O) groups excluding carboxylic acids is 1. The summed E-state index contributed by atoms with van der Waals surface area (Å²) in [6.45, 7) is 3.19. The van der Waals surface area contributed by atoms with Gasteiger partial charge in [-0.3, -0.25) is 14.1 Å². The van der Waals surface area contributed by atoms with Crippen LogP contribution < -0.4 is 0 Å². The van der Waals surface area contributed by atoms with E-state index >= 15 is 0 Å². The van der Waals surface area contributed by atoms with Gasteiger partial charge < -0.3 is 4.90 Å². The molecule has 5 aromatic rings. The van der Waals surface area contributed by atoms with Crippen LogP contribution in [0.25, 0.3) is 16.0 Å². The summed E-state index contributed by atoms with van der Waals surface area (Å²) >= 11 is 1.60. The topological polar surface area (TPSA) is 40.9 Å². The zero-order valence-corrected chi connectivity index (χ0v) is 19.7. The van der Waals surface area contributed by atoms with Crippen molar-refractivity contribution in [1.82, 2.24) is 19.2 Å². The van der Waals surface area contributed by atoms with Crippen molar-refractivity contribution in [2.45, 2.75) is 12.5 Å². The molecule has 1 amide bonds. The maximum Gasteiger partial charge on any atom is 0.228 e. The second kappa shape index (κ2) is 9.05. The molecule has 6 rings (SSSR count). The Hall–Kier alpha value is -3.48. The Kier molecular flexibility index (Phi) is 5.61. The predicted octanol–water partition coefficient (Wildman–Crippen LogP) is 5.03. The van der Waals surface area contributed by atoms with E-state index in [2.05, 4.69) is 81.4 Å². The van der Waals surface area contributed by atoms with Gasteiger partial charge in [-0.15, -0.1) is 11.3 Å². The Balaban J connectivity index is 1.18. The van der Waals surface area contributed by atoms with Crippen molar-refractivity contribution in [1.29, 1.82) is 0 Å². The number of rotatable bonds is 5. The SMILES string of the molecule is O=C(Cc1csc2nc3ccccc3n12)N1CCN(C(c2ccccc2)c2ccccc2)CC1. The third-order valence-corrected chi connectivity index (χ3v) is 7.59. The molecule has 1 saturated heterocycles. The Morgan fingerprint density at radius 3 is 2.12 bits per heavy atom. The number of piperazine rings is 1. The quantitative estimate of drug-likeness (QED) is 0.365. The van der Waals surface area contributed by atoms with Crippen molar-refractivity contribution in [2.75, 3.05) is 26.2 Å². The molecule has 5 nitrogen and oxygen atoms in total. The van der Waals surface area contributed by atoms with Gasteiger partial charge in [0, 0.05) is 37.3 Å². The molecule has 3 aromatic carbocycles. The van der Waals surface area contributed by atoms with Gasteiger partial charge in [0.2, 0.25) is 5.91 Å². The first-order valence-electron chi connectivity index (χ1n) is 11.7. The average Bonchev–Trinajstić information content (AvgIpc) is 3.46. The second-order valence-corrected chi connectivity index (χ2v) is 9.60. The molecule has 1 aliphatic rings. The second-order valence-electron chi connectivity index (χ2n) is 8.76. The van der Waals surface area contributed by atoms with Crippen LogP contribution in [0.1, 0.15) is 22.9 Å². The lowest BCUT2D eigenvalue weighted by Gasteiger charge is -2.39. The number of aromatic nitrogens is 2. The first-order chi connectivity index (χ1) is 16.8. The number of imidazole rings is 1. The van der Waals surface area contributed by atoms with E-state index in [0.717, 1.165) is 47.9 Å². The lowest BCUT2D eigenvalue weighted by atomic mass is 9.96. The van der Waals surface area contributed by atoms with Gasteiger partial charge in [0.25, 0.3) is 0 Å². The van der Waals surface area contributed by atoms with E-state index in [1.807, 2.05) is 23.1 Å². The fraction of sp³-hybridized carbons (Fsp3) is 0.214. The standard InChI is InChI=1S/C28H26N4OS/c33-26(19-23-20-34-28-29-24-13-7-8-14-25(24)32(23)28)30-15-17-31(18-16-30)27(21-9-3-1-4-10-21)22-11-5-2-6-12-22/h1-14,20,27H,15-19H2. The minimum Gasteiger partial charge on any atom is -0.340 e. The van der Waals surface area contributed by atoms with Gasteiger partial charge in [0.15, 0.2) is 4.96 Å². The van der Waals surface area contributed by atoms with Crippen molar-refractivity contribution < 1.29 is 4.79 Å². The van der Waals surface area contributed by atoms with Gasteiger partial charge >= 0.3 is 0 Å². The van der Waals surface area contributed by atoms with Crippen LogP contribution in [0.5, 0.6) is 0 Å². The van der Waals surface area contributed by atoms with Crippen LogP contribution in [-0.4, -0.2) is 51.3 Å². The Bertz CT molecular complexity index is 1380. The largest absolute Gasteiger partial charge is 0.340 e. The Morgan fingerprint density at radius 2 is 1.44 bits per heavy atom. The molecule has 6 heteroatoms. The lowest BCUT2D eigenvalue weighted by Crippen LogP contribution is -2.50. The normalized spacial score (nSPS) is 14.9. The molecule has 3 heterocycles. The third kappa shape index (κ3) is 3.89. The molecule has 0 saturated carbocycles. The first-order valence-corrected chi connectivity index (χ1v) is 12.6. The number of benzene rings is 3. The van der Waals surface area contributed by atoms with Crippen LogP contribution in [0.3, 0.4) is 0 Å². The monoisotopic (exact) mass is 466 g/mol.